The van der Waals surface area contributed by atoms with Crippen LogP contribution >= 0.6 is 11.8 Å². The van der Waals surface area contributed by atoms with Gasteiger partial charge in [0.2, 0.25) is 0 Å². The van der Waals surface area contributed by atoms with E-state index >= 15 is 0 Å². The van der Waals surface area contributed by atoms with Gasteiger partial charge >= 0.3 is 0 Å². The van der Waals surface area contributed by atoms with Crippen LogP contribution in [0.25, 0.3) is 0 Å². The van der Waals surface area contributed by atoms with Crippen molar-refractivity contribution in [2.45, 2.75) is 10.9 Å². The number of nitrogens with two attached hydrogens (primary N) is 1. The maximum Gasteiger partial charge on any atom is 0.165 e. The van der Waals surface area contributed by atoms with E-state index in [1.807, 2.05) is 0 Å². The zero-order valence-electron chi connectivity index (χ0n) is 8.90. The van der Waals surface area contributed by atoms with Gasteiger partial charge in [-0.25, -0.2) is 9.37 Å². The van der Waals surface area contributed by atoms with E-state index in [-0.39, 0.29) is 11.7 Å². The second-order valence-electron chi connectivity index (χ2n) is 3.40. The molecule has 0 saturated carbocycles. The molecule has 1 aromatic carbocycles. The van der Waals surface area contributed by atoms with Gasteiger partial charge in [-0.2, -0.15) is 0 Å². The van der Waals surface area contributed by atoms with E-state index in [0.717, 1.165) is 10.7 Å². The largest absolute Gasteiger partial charge is 0.384 e. The lowest BCUT2D eigenvalue weighted by atomic mass is 10.1. The number of hydrogen-bond donors (Lipinski definition) is 3. The standard InChI is InChI=1S/C11H11FN4S/c12-8-2-1-7(9(5-8)10(13)14)6-17-11-15-3-4-16-11/h1-5H,6H2,(H3,13,14)(H,15,16). The SMILES string of the molecule is N=C(N)c1cc(F)ccc1CSc1ncc[nH]1. The van der Waals surface area contributed by atoms with E-state index in [2.05, 4.69) is 9.97 Å². The molecule has 1 heterocycles. The van der Waals surface area contributed by atoms with Gasteiger partial charge in [0.25, 0.3) is 0 Å². The van der Waals surface area contributed by atoms with Gasteiger partial charge in [0.05, 0.1) is 0 Å². The summed E-state index contributed by atoms with van der Waals surface area (Å²) < 4.78 is 13.0. The minimum Gasteiger partial charge on any atom is -0.384 e. The highest BCUT2D eigenvalue weighted by Crippen LogP contribution is 2.21. The van der Waals surface area contributed by atoms with Gasteiger partial charge in [0.15, 0.2) is 5.16 Å². The van der Waals surface area contributed by atoms with E-state index in [4.69, 9.17) is 11.1 Å². The second-order valence-corrected chi connectivity index (χ2v) is 4.36. The van der Waals surface area contributed by atoms with E-state index in [1.165, 1.54) is 23.9 Å². The molecule has 0 unspecified atom stereocenters. The third kappa shape index (κ3) is 2.85. The van der Waals surface area contributed by atoms with E-state index in [9.17, 15) is 4.39 Å². The summed E-state index contributed by atoms with van der Waals surface area (Å²) in [6.07, 6.45) is 3.40. The normalized spacial score (nSPS) is 10.4. The fourth-order valence-electron chi connectivity index (χ4n) is 1.40. The van der Waals surface area contributed by atoms with Crippen LogP contribution < -0.4 is 5.73 Å². The number of thioether (sulfide) groups is 1. The van der Waals surface area contributed by atoms with E-state index < -0.39 is 0 Å². The molecule has 4 N–H and O–H groups in total. The van der Waals surface area contributed by atoms with Crippen molar-refractivity contribution in [2.24, 2.45) is 5.73 Å². The summed E-state index contributed by atoms with van der Waals surface area (Å²) in [6.45, 7) is 0. The molecule has 2 rings (SSSR count). The Balaban J connectivity index is 2.17. The van der Waals surface area contributed by atoms with Gasteiger partial charge in [-0.3, -0.25) is 5.41 Å². The summed E-state index contributed by atoms with van der Waals surface area (Å²) in [6, 6.07) is 4.28. The number of H-pyrrole nitrogens is 1. The third-order valence-electron chi connectivity index (χ3n) is 2.20. The Labute approximate surface area is 102 Å². The number of rotatable bonds is 4. The lowest BCUT2D eigenvalue weighted by molar-refractivity contribution is 0.627. The number of nitrogen functional groups attached to an aromatic ring is 1. The quantitative estimate of drug-likeness (QED) is 0.442. The molecule has 0 spiro atoms. The number of benzene rings is 1. The summed E-state index contributed by atoms with van der Waals surface area (Å²) in [5.41, 5.74) is 6.67. The predicted molar refractivity (Wildman–Crippen MR) is 65.6 cm³/mol. The maximum absolute atomic E-state index is 13.0. The van der Waals surface area contributed by atoms with Crippen molar-refractivity contribution >= 4 is 17.6 Å². The molecule has 0 bridgehead atoms. The van der Waals surface area contributed by atoms with Crippen LogP contribution in [0.15, 0.2) is 35.7 Å². The first-order valence-electron chi connectivity index (χ1n) is 4.92. The molecule has 1 aromatic heterocycles. The molecule has 0 fully saturated rings. The van der Waals surface area contributed by atoms with Crippen molar-refractivity contribution in [1.82, 2.24) is 9.97 Å². The zero-order valence-corrected chi connectivity index (χ0v) is 9.72. The van der Waals surface area contributed by atoms with Crippen LogP contribution in [0.5, 0.6) is 0 Å². The Hall–Kier alpha value is -1.82. The molecular formula is C11H11FN4S. The first kappa shape index (κ1) is 11.7. The Morgan fingerprint density at radius 3 is 3.00 bits per heavy atom. The fraction of sp³-hybridized carbons (Fsp3) is 0.0909. The summed E-state index contributed by atoms with van der Waals surface area (Å²) in [5, 5.41) is 8.19. The molecule has 88 valence electrons. The molecule has 2 aromatic rings. The highest BCUT2D eigenvalue weighted by Gasteiger charge is 2.08. The van der Waals surface area contributed by atoms with Gasteiger partial charge in [0.1, 0.15) is 11.7 Å². The Morgan fingerprint density at radius 1 is 1.53 bits per heavy atom. The fourth-order valence-corrected chi connectivity index (χ4v) is 2.23. The molecule has 0 saturated heterocycles. The van der Waals surface area contributed by atoms with Crippen LogP contribution in [0.1, 0.15) is 11.1 Å². The summed E-state index contributed by atoms with van der Waals surface area (Å²) >= 11 is 1.48. The van der Waals surface area contributed by atoms with Crippen molar-refractivity contribution in [1.29, 1.82) is 5.41 Å². The average molecular weight is 250 g/mol. The summed E-state index contributed by atoms with van der Waals surface area (Å²) in [7, 11) is 0. The Morgan fingerprint density at radius 2 is 2.35 bits per heavy atom. The van der Waals surface area contributed by atoms with Gasteiger partial charge in [-0.15, -0.1) is 0 Å². The molecule has 0 aliphatic rings. The van der Waals surface area contributed by atoms with Crippen LogP contribution in [0.4, 0.5) is 4.39 Å². The predicted octanol–water partition coefficient (Wildman–Crippen LogP) is 2.13. The number of imidazole rings is 1. The van der Waals surface area contributed by atoms with Crippen LogP contribution in [-0.2, 0) is 5.75 Å². The smallest absolute Gasteiger partial charge is 0.165 e. The average Bonchev–Trinajstić information content (AvgIpc) is 2.80. The highest BCUT2D eigenvalue weighted by atomic mass is 32.2. The molecular weight excluding hydrogens is 239 g/mol. The highest BCUT2D eigenvalue weighted by molar-refractivity contribution is 7.98. The van der Waals surface area contributed by atoms with Gasteiger partial charge in [-0.1, -0.05) is 17.8 Å². The van der Waals surface area contributed by atoms with Crippen molar-refractivity contribution in [3.05, 3.63) is 47.5 Å². The minimum absolute atomic E-state index is 0.125. The van der Waals surface area contributed by atoms with Crippen LogP contribution in [-0.4, -0.2) is 15.8 Å². The number of nitrogens with one attached hydrogen (secondary N) is 2. The first-order valence-corrected chi connectivity index (χ1v) is 5.90. The Kier molecular flexibility index (Phi) is 3.43. The summed E-state index contributed by atoms with van der Waals surface area (Å²) in [5.74, 6) is 0.0735. The summed E-state index contributed by atoms with van der Waals surface area (Å²) in [4.78, 5) is 7.03. The number of nitrogens with zero attached hydrogens (tertiary/aromatic N) is 1. The second kappa shape index (κ2) is 5.01. The Bertz CT molecular complexity index is 524. The van der Waals surface area contributed by atoms with Crippen molar-refractivity contribution in [3.63, 3.8) is 0 Å². The van der Waals surface area contributed by atoms with Crippen LogP contribution in [0, 0.1) is 11.2 Å². The monoisotopic (exact) mass is 250 g/mol. The molecule has 6 heteroatoms. The molecule has 0 amide bonds. The van der Waals surface area contributed by atoms with Crippen LogP contribution in [0.3, 0.4) is 0 Å². The molecule has 4 nitrogen and oxygen atoms in total. The van der Waals surface area contributed by atoms with E-state index in [1.54, 1.807) is 18.5 Å². The van der Waals surface area contributed by atoms with Gasteiger partial charge < -0.3 is 10.7 Å². The molecule has 0 radical (unpaired) electrons. The van der Waals surface area contributed by atoms with Crippen molar-refractivity contribution in [3.8, 4) is 0 Å². The number of amidine groups is 1. The van der Waals surface area contributed by atoms with Crippen LogP contribution in [0.2, 0.25) is 0 Å². The first-order chi connectivity index (χ1) is 8.16. The zero-order chi connectivity index (χ0) is 12.3. The molecule has 17 heavy (non-hydrogen) atoms. The number of hydrogen-bond acceptors (Lipinski definition) is 3. The van der Waals surface area contributed by atoms with E-state index in [0.29, 0.717) is 11.3 Å². The maximum atomic E-state index is 13.0. The van der Waals surface area contributed by atoms with Crippen molar-refractivity contribution in [2.75, 3.05) is 0 Å². The third-order valence-corrected chi connectivity index (χ3v) is 3.15. The van der Waals surface area contributed by atoms with Gasteiger partial charge in [-0.05, 0) is 17.7 Å². The number of aromatic nitrogens is 2. The van der Waals surface area contributed by atoms with Gasteiger partial charge in [0, 0.05) is 23.7 Å². The lowest BCUT2D eigenvalue weighted by Gasteiger charge is -2.07. The minimum atomic E-state index is -0.387. The molecule has 0 atom stereocenters. The number of aromatic amines is 1. The number of halogens is 1. The molecule has 0 aliphatic heterocycles. The molecule has 0 aliphatic carbocycles. The van der Waals surface area contributed by atoms with Crippen molar-refractivity contribution < 1.29 is 4.39 Å². The topological polar surface area (TPSA) is 78.6 Å². The lowest BCUT2D eigenvalue weighted by Crippen LogP contribution is -2.13.